The molecular formula is C8H13NO4. The van der Waals surface area contributed by atoms with E-state index in [1.165, 1.54) is 7.11 Å². The van der Waals surface area contributed by atoms with Crippen LogP contribution in [0.2, 0.25) is 0 Å². The average molecular weight is 187 g/mol. The van der Waals surface area contributed by atoms with Gasteiger partial charge in [0.25, 0.3) is 0 Å². The summed E-state index contributed by atoms with van der Waals surface area (Å²) in [4.78, 5) is 22.7. The molecule has 13 heavy (non-hydrogen) atoms. The third kappa shape index (κ3) is 1.51. The average Bonchev–Trinajstić information content (AvgIpc) is 2.02. The zero-order chi connectivity index (χ0) is 9.90. The number of amides is 1. The highest BCUT2D eigenvalue weighted by Gasteiger charge is 2.53. The maximum absolute atomic E-state index is 11.5. The molecule has 1 fully saturated rings. The van der Waals surface area contributed by atoms with Gasteiger partial charge in [-0.1, -0.05) is 0 Å². The largest absolute Gasteiger partial charge is 0.468 e. The Morgan fingerprint density at radius 3 is 2.46 bits per heavy atom. The van der Waals surface area contributed by atoms with Gasteiger partial charge in [0.1, 0.15) is 0 Å². The van der Waals surface area contributed by atoms with Crippen LogP contribution in [0, 0.1) is 5.41 Å². The van der Waals surface area contributed by atoms with Gasteiger partial charge in [-0.2, -0.15) is 0 Å². The Balaban J connectivity index is 2.69. The lowest BCUT2D eigenvalue weighted by atomic mass is 9.85. The predicted molar refractivity (Wildman–Crippen MR) is 44.0 cm³/mol. The molecule has 0 aromatic heterocycles. The van der Waals surface area contributed by atoms with Gasteiger partial charge >= 0.3 is 5.97 Å². The minimum atomic E-state index is -1.09. The Morgan fingerprint density at radius 1 is 1.54 bits per heavy atom. The van der Waals surface area contributed by atoms with Gasteiger partial charge < -0.3 is 14.8 Å². The van der Waals surface area contributed by atoms with Crippen LogP contribution in [0.5, 0.6) is 0 Å². The fourth-order valence-electron chi connectivity index (χ4n) is 1.17. The molecule has 0 bridgehead atoms. The van der Waals surface area contributed by atoms with Crippen molar-refractivity contribution in [2.75, 3.05) is 26.9 Å². The SMILES string of the molecule is CCNC(=O)C1(C(=O)OC)COC1. The van der Waals surface area contributed by atoms with Crippen molar-refractivity contribution >= 4 is 11.9 Å². The van der Waals surface area contributed by atoms with Gasteiger partial charge in [-0.15, -0.1) is 0 Å². The number of rotatable bonds is 3. The summed E-state index contributed by atoms with van der Waals surface area (Å²) in [6.07, 6.45) is 0. The maximum atomic E-state index is 11.5. The lowest BCUT2D eigenvalue weighted by molar-refractivity contribution is -0.188. The minimum absolute atomic E-state index is 0.117. The van der Waals surface area contributed by atoms with Gasteiger partial charge in [-0.25, -0.2) is 0 Å². The van der Waals surface area contributed by atoms with Crippen LogP contribution in [0.3, 0.4) is 0 Å². The van der Waals surface area contributed by atoms with E-state index in [1.807, 2.05) is 0 Å². The first-order valence-corrected chi connectivity index (χ1v) is 4.12. The zero-order valence-electron chi connectivity index (χ0n) is 7.75. The summed E-state index contributed by atoms with van der Waals surface area (Å²) in [6, 6.07) is 0. The number of hydrogen-bond acceptors (Lipinski definition) is 4. The zero-order valence-corrected chi connectivity index (χ0v) is 7.75. The van der Waals surface area contributed by atoms with E-state index < -0.39 is 11.4 Å². The molecule has 0 unspecified atom stereocenters. The topological polar surface area (TPSA) is 64.6 Å². The number of carbonyl (C=O) groups excluding carboxylic acids is 2. The van der Waals surface area contributed by atoms with Gasteiger partial charge in [0.2, 0.25) is 5.91 Å². The van der Waals surface area contributed by atoms with Gasteiger partial charge in [0, 0.05) is 6.54 Å². The van der Waals surface area contributed by atoms with E-state index in [-0.39, 0.29) is 19.1 Å². The molecule has 0 saturated carbocycles. The molecule has 5 nitrogen and oxygen atoms in total. The molecular weight excluding hydrogens is 174 g/mol. The molecule has 0 spiro atoms. The van der Waals surface area contributed by atoms with Crippen LogP contribution in [-0.2, 0) is 19.1 Å². The van der Waals surface area contributed by atoms with Crippen molar-refractivity contribution in [2.24, 2.45) is 5.41 Å². The lowest BCUT2D eigenvalue weighted by Crippen LogP contribution is -2.59. The minimum Gasteiger partial charge on any atom is -0.468 e. The van der Waals surface area contributed by atoms with Gasteiger partial charge in [0.15, 0.2) is 5.41 Å². The fraction of sp³-hybridized carbons (Fsp3) is 0.750. The van der Waals surface area contributed by atoms with Gasteiger partial charge in [0.05, 0.1) is 20.3 Å². The highest BCUT2D eigenvalue weighted by Crippen LogP contribution is 2.29. The van der Waals surface area contributed by atoms with E-state index >= 15 is 0 Å². The number of carbonyl (C=O) groups is 2. The molecule has 0 radical (unpaired) electrons. The summed E-state index contributed by atoms with van der Waals surface area (Å²) >= 11 is 0. The van der Waals surface area contributed by atoms with Crippen LogP contribution in [0.25, 0.3) is 0 Å². The Hall–Kier alpha value is -1.10. The third-order valence-corrected chi connectivity index (χ3v) is 2.05. The molecule has 1 N–H and O–H groups in total. The smallest absolute Gasteiger partial charge is 0.326 e. The van der Waals surface area contributed by atoms with Gasteiger partial charge in [-0.3, -0.25) is 9.59 Å². The third-order valence-electron chi connectivity index (χ3n) is 2.05. The Kier molecular flexibility index (Phi) is 2.87. The second-order valence-corrected chi connectivity index (χ2v) is 2.93. The van der Waals surface area contributed by atoms with E-state index in [1.54, 1.807) is 6.92 Å². The van der Waals surface area contributed by atoms with E-state index in [2.05, 4.69) is 10.1 Å². The summed E-state index contributed by atoms with van der Waals surface area (Å²) in [5.74, 6) is -0.835. The van der Waals surface area contributed by atoms with E-state index in [0.717, 1.165) is 0 Å². The summed E-state index contributed by atoms with van der Waals surface area (Å²) in [5.41, 5.74) is -1.09. The standard InChI is InChI=1S/C8H13NO4/c1-3-9-6(10)8(4-13-5-8)7(11)12-2/h3-5H2,1-2H3,(H,9,10). The number of hydrogen-bond donors (Lipinski definition) is 1. The van der Waals surface area contributed by atoms with Gasteiger partial charge in [-0.05, 0) is 6.92 Å². The maximum Gasteiger partial charge on any atom is 0.326 e. The summed E-state index contributed by atoms with van der Waals surface area (Å²) in [6.45, 7) is 2.52. The van der Waals surface area contributed by atoms with Crippen LogP contribution in [0.1, 0.15) is 6.92 Å². The molecule has 5 heteroatoms. The molecule has 1 amide bonds. The predicted octanol–water partition coefficient (Wildman–Crippen LogP) is -0.688. The molecule has 0 aromatic carbocycles. The monoisotopic (exact) mass is 187 g/mol. The molecule has 0 aliphatic carbocycles. The molecule has 1 heterocycles. The van der Waals surface area contributed by atoms with Crippen LogP contribution in [0.15, 0.2) is 0 Å². The number of esters is 1. The summed E-state index contributed by atoms with van der Waals surface area (Å²) < 4.78 is 9.41. The first-order valence-electron chi connectivity index (χ1n) is 4.12. The van der Waals surface area contributed by atoms with Crippen molar-refractivity contribution in [1.82, 2.24) is 5.32 Å². The quantitative estimate of drug-likeness (QED) is 0.469. The van der Waals surface area contributed by atoms with Crippen molar-refractivity contribution < 1.29 is 19.1 Å². The van der Waals surface area contributed by atoms with Crippen molar-refractivity contribution in [3.05, 3.63) is 0 Å². The van der Waals surface area contributed by atoms with Crippen molar-refractivity contribution in [3.63, 3.8) is 0 Å². The van der Waals surface area contributed by atoms with Crippen LogP contribution < -0.4 is 5.32 Å². The Bertz CT molecular complexity index is 222. The first kappa shape index (κ1) is 9.98. The Labute approximate surface area is 76.4 Å². The number of methoxy groups -OCH3 is 1. The van der Waals surface area contributed by atoms with E-state index in [0.29, 0.717) is 6.54 Å². The second kappa shape index (κ2) is 3.74. The van der Waals surface area contributed by atoms with Crippen LogP contribution >= 0.6 is 0 Å². The van der Waals surface area contributed by atoms with Crippen molar-refractivity contribution in [1.29, 1.82) is 0 Å². The molecule has 1 aliphatic heterocycles. The fourth-order valence-corrected chi connectivity index (χ4v) is 1.17. The highest BCUT2D eigenvalue weighted by atomic mass is 16.5. The number of ether oxygens (including phenoxy) is 2. The number of nitrogens with one attached hydrogen (secondary N) is 1. The molecule has 1 aliphatic rings. The lowest BCUT2D eigenvalue weighted by Gasteiger charge is -2.36. The summed E-state index contributed by atoms with van der Waals surface area (Å²) in [7, 11) is 1.27. The summed E-state index contributed by atoms with van der Waals surface area (Å²) in [5, 5.41) is 2.58. The normalized spacial score (nSPS) is 18.6. The molecule has 1 rings (SSSR count). The van der Waals surface area contributed by atoms with Crippen molar-refractivity contribution in [2.45, 2.75) is 6.92 Å². The highest BCUT2D eigenvalue weighted by molar-refractivity contribution is 6.03. The first-order chi connectivity index (χ1) is 6.17. The molecule has 0 aromatic rings. The van der Waals surface area contributed by atoms with E-state index in [9.17, 15) is 9.59 Å². The van der Waals surface area contributed by atoms with E-state index in [4.69, 9.17) is 4.74 Å². The molecule has 1 saturated heterocycles. The molecule has 74 valence electrons. The second-order valence-electron chi connectivity index (χ2n) is 2.93. The Morgan fingerprint density at radius 2 is 2.15 bits per heavy atom. The van der Waals surface area contributed by atoms with Crippen LogP contribution in [-0.4, -0.2) is 38.7 Å². The van der Waals surface area contributed by atoms with Crippen LogP contribution in [0.4, 0.5) is 0 Å². The van der Waals surface area contributed by atoms with Crippen molar-refractivity contribution in [3.8, 4) is 0 Å². The molecule has 0 atom stereocenters.